The van der Waals surface area contributed by atoms with Gasteiger partial charge in [0.2, 0.25) is 0 Å². The molecular weight excluding hydrogens is 300 g/mol. The molecule has 4 nitrogen and oxygen atoms in total. The summed E-state index contributed by atoms with van der Waals surface area (Å²) in [6.07, 6.45) is 2.41. The van der Waals surface area contributed by atoms with Crippen molar-refractivity contribution >= 4 is 6.03 Å². The molecule has 0 spiro atoms. The number of amides is 2. The third-order valence-electron chi connectivity index (χ3n) is 4.40. The van der Waals surface area contributed by atoms with Crippen molar-refractivity contribution in [2.45, 2.75) is 32.4 Å². The first kappa shape index (κ1) is 16.5. The van der Waals surface area contributed by atoms with Crippen LogP contribution in [0.5, 0.6) is 0 Å². The smallest absolute Gasteiger partial charge is 0.316 e. The minimum Gasteiger partial charge on any atom is -0.316 e. The van der Waals surface area contributed by atoms with Crippen LogP contribution in [0.2, 0.25) is 0 Å². The van der Waals surface area contributed by atoms with Crippen molar-refractivity contribution in [2.75, 3.05) is 6.54 Å². The molecular formula is C20H24N2O2. The zero-order chi connectivity index (χ0) is 16.8. The lowest BCUT2D eigenvalue weighted by Gasteiger charge is -2.29. The van der Waals surface area contributed by atoms with Crippen LogP contribution in [-0.4, -0.2) is 17.5 Å². The van der Waals surface area contributed by atoms with E-state index in [0.717, 1.165) is 17.7 Å². The molecule has 4 heteroatoms. The minimum atomic E-state index is -0.172. The van der Waals surface area contributed by atoms with E-state index >= 15 is 0 Å². The van der Waals surface area contributed by atoms with Crippen molar-refractivity contribution in [1.82, 2.24) is 10.4 Å². The molecule has 2 aromatic rings. The molecule has 1 atom stereocenters. The summed E-state index contributed by atoms with van der Waals surface area (Å²) in [6.45, 7) is 3.20. The molecule has 0 radical (unpaired) electrons. The van der Waals surface area contributed by atoms with Crippen molar-refractivity contribution < 1.29 is 9.63 Å². The first-order valence-corrected chi connectivity index (χ1v) is 8.51. The number of hydroxylamine groups is 1. The Kier molecular flexibility index (Phi) is 5.49. The summed E-state index contributed by atoms with van der Waals surface area (Å²) in [5, 5.41) is 0. The number of hydrogen-bond acceptors (Lipinski definition) is 2. The highest BCUT2D eigenvalue weighted by molar-refractivity contribution is 5.73. The lowest BCUT2D eigenvalue weighted by atomic mass is 10.1. The summed E-state index contributed by atoms with van der Waals surface area (Å²) in [4.78, 5) is 19.9. The number of rotatable bonds is 7. The zero-order valence-electron chi connectivity index (χ0n) is 14.0. The average molecular weight is 324 g/mol. The first-order chi connectivity index (χ1) is 11.7. The summed E-state index contributed by atoms with van der Waals surface area (Å²) in [7, 11) is 0. The summed E-state index contributed by atoms with van der Waals surface area (Å²) in [5.74, 6) is 0.621. The Morgan fingerprint density at radius 3 is 2.38 bits per heavy atom. The SMILES string of the molecule is CC(c1ccccc1)N(CC1CC1)C(=O)NOCc1ccccc1. The largest absolute Gasteiger partial charge is 0.341 e. The average Bonchev–Trinajstić information content (AvgIpc) is 3.45. The Balaban J connectivity index is 1.59. The maximum Gasteiger partial charge on any atom is 0.341 e. The van der Waals surface area contributed by atoms with Gasteiger partial charge in [-0.3, -0.25) is 4.84 Å². The van der Waals surface area contributed by atoms with Gasteiger partial charge in [0, 0.05) is 6.54 Å². The fraction of sp³-hybridized carbons (Fsp3) is 0.350. The predicted octanol–water partition coefficient (Wildman–Crippen LogP) is 4.30. The summed E-state index contributed by atoms with van der Waals surface area (Å²) >= 11 is 0. The molecule has 1 N–H and O–H groups in total. The first-order valence-electron chi connectivity index (χ1n) is 8.51. The van der Waals surface area contributed by atoms with Gasteiger partial charge in [0.1, 0.15) is 0 Å². The fourth-order valence-electron chi connectivity index (χ4n) is 2.72. The van der Waals surface area contributed by atoms with Crippen molar-refractivity contribution in [3.05, 3.63) is 71.8 Å². The van der Waals surface area contributed by atoms with Crippen molar-refractivity contribution in [1.29, 1.82) is 0 Å². The molecule has 3 rings (SSSR count). The second-order valence-corrected chi connectivity index (χ2v) is 6.36. The van der Waals surface area contributed by atoms with Crippen LogP contribution >= 0.6 is 0 Å². The van der Waals surface area contributed by atoms with Crippen molar-refractivity contribution in [3.63, 3.8) is 0 Å². The Labute approximate surface area is 143 Å². The van der Waals surface area contributed by atoms with E-state index < -0.39 is 0 Å². The lowest BCUT2D eigenvalue weighted by molar-refractivity contribution is 0.0317. The van der Waals surface area contributed by atoms with E-state index in [9.17, 15) is 4.79 Å². The third kappa shape index (κ3) is 4.59. The normalized spacial score (nSPS) is 14.9. The van der Waals surface area contributed by atoms with Gasteiger partial charge in [-0.25, -0.2) is 10.3 Å². The highest BCUT2D eigenvalue weighted by Gasteiger charge is 2.30. The van der Waals surface area contributed by atoms with Crippen LogP contribution in [0.1, 0.15) is 36.9 Å². The summed E-state index contributed by atoms with van der Waals surface area (Å²) in [5.41, 5.74) is 4.77. The third-order valence-corrected chi connectivity index (χ3v) is 4.40. The number of hydrogen-bond donors (Lipinski definition) is 1. The monoisotopic (exact) mass is 324 g/mol. The standard InChI is InChI=1S/C20H24N2O2/c1-16(19-10-6-3-7-11-19)22(14-17-12-13-17)20(23)21-24-15-18-8-4-2-5-9-18/h2-11,16-17H,12-15H2,1H3,(H,21,23). The number of carbonyl (C=O) groups is 1. The van der Waals surface area contributed by atoms with E-state index in [0.29, 0.717) is 12.5 Å². The van der Waals surface area contributed by atoms with Gasteiger partial charge in [-0.1, -0.05) is 60.7 Å². The molecule has 2 amide bonds. The van der Waals surface area contributed by atoms with Gasteiger partial charge >= 0.3 is 6.03 Å². The summed E-state index contributed by atoms with van der Waals surface area (Å²) in [6, 6.07) is 19.8. The molecule has 1 fully saturated rings. The van der Waals surface area contributed by atoms with E-state index in [1.54, 1.807) is 0 Å². The van der Waals surface area contributed by atoms with Crippen LogP contribution in [0.3, 0.4) is 0 Å². The second kappa shape index (κ2) is 7.97. The molecule has 126 valence electrons. The molecule has 0 aromatic heterocycles. The van der Waals surface area contributed by atoms with Gasteiger partial charge in [-0.2, -0.15) is 0 Å². The highest BCUT2D eigenvalue weighted by Crippen LogP contribution is 2.32. The molecule has 1 aliphatic rings. The number of carbonyl (C=O) groups excluding carboxylic acids is 1. The molecule has 1 saturated carbocycles. The molecule has 1 unspecified atom stereocenters. The van der Waals surface area contributed by atoms with E-state index in [1.165, 1.54) is 12.8 Å². The highest BCUT2D eigenvalue weighted by atomic mass is 16.7. The maximum atomic E-state index is 12.6. The zero-order valence-corrected chi connectivity index (χ0v) is 14.0. The molecule has 2 aromatic carbocycles. The van der Waals surface area contributed by atoms with Crippen LogP contribution in [-0.2, 0) is 11.4 Å². The van der Waals surface area contributed by atoms with Crippen molar-refractivity contribution in [3.8, 4) is 0 Å². The van der Waals surface area contributed by atoms with Gasteiger partial charge in [0.25, 0.3) is 0 Å². The van der Waals surface area contributed by atoms with Crippen LogP contribution < -0.4 is 5.48 Å². The molecule has 24 heavy (non-hydrogen) atoms. The lowest BCUT2D eigenvalue weighted by Crippen LogP contribution is -2.42. The van der Waals surface area contributed by atoms with Gasteiger partial charge in [-0.05, 0) is 36.8 Å². The van der Waals surface area contributed by atoms with Crippen molar-refractivity contribution in [2.24, 2.45) is 5.92 Å². The number of nitrogens with one attached hydrogen (secondary N) is 1. The van der Waals surface area contributed by atoms with E-state index in [-0.39, 0.29) is 12.1 Å². The minimum absolute atomic E-state index is 0.0205. The van der Waals surface area contributed by atoms with Crippen LogP contribution in [0.4, 0.5) is 4.79 Å². The number of benzene rings is 2. The van der Waals surface area contributed by atoms with Crippen LogP contribution in [0.25, 0.3) is 0 Å². The Hall–Kier alpha value is -2.33. The summed E-state index contributed by atoms with van der Waals surface area (Å²) < 4.78 is 0. The molecule has 1 aliphatic carbocycles. The molecule has 0 bridgehead atoms. The van der Waals surface area contributed by atoms with Crippen LogP contribution in [0.15, 0.2) is 60.7 Å². The second-order valence-electron chi connectivity index (χ2n) is 6.36. The van der Waals surface area contributed by atoms with Gasteiger partial charge < -0.3 is 4.90 Å². The number of nitrogens with zero attached hydrogens (tertiary/aromatic N) is 1. The predicted molar refractivity (Wildman–Crippen MR) is 94.0 cm³/mol. The van der Waals surface area contributed by atoms with E-state index in [4.69, 9.17) is 4.84 Å². The maximum absolute atomic E-state index is 12.6. The molecule has 0 saturated heterocycles. The van der Waals surface area contributed by atoms with E-state index in [2.05, 4.69) is 24.5 Å². The molecule has 0 aliphatic heterocycles. The van der Waals surface area contributed by atoms with Gasteiger partial charge in [0.15, 0.2) is 0 Å². The number of urea groups is 1. The van der Waals surface area contributed by atoms with Crippen LogP contribution in [0, 0.1) is 5.92 Å². The topological polar surface area (TPSA) is 41.6 Å². The Morgan fingerprint density at radius 1 is 1.12 bits per heavy atom. The van der Waals surface area contributed by atoms with Gasteiger partial charge in [-0.15, -0.1) is 0 Å². The quantitative estimate of drug-likeness (QED) is 0.772. The molecule has 0 heterocycles. The van der Waals surface area contributed by atoms with E-state index in [1.807, 2.05) is 53.4 Å². The Bertz CT molecular complexity index is 641. The fourth-order valence-corrected chi connectivity index (χ4v) is 2.72. The van der Waals surface area contributed by atoms with Gasteiger partial charge in [0.05, 0.1) is 12.6 Å². The Morgan fingerprint density at radius 2 is 1.75 bits per heavy atom.